The quantitative estimate of drug-likeness (QED) is 0.775. The number of rotatable bonds is 4. The van der Waals surface area contributed by atoms with Crippen LogP contribution in [0.4, 0.5) is 4.39 Å². The van der Waals surface area contributed by atoms with Crippen LogP contribution in [0.25, 0.3) is 10.9 Å². The molecule has 0 bridgehead atoms. The molecule has 2 N–H and O–H groups in total. The molecule has 1 aromatic heterocycles. The molecule has 1 atom stereocenters. The summed E-state index contributed by atoms with van der Waals surface area (Å²) in [4.78, 5) is 4.36. The molecule has 0 saturated carbocycles. The Morgan fingerprint density at radius 2 is 2.04 bits per heavy atom. The number of aryl methyl sites for hydroxylation is 1. The van der Waals surface area contributed by atoms with Gasteiger partial charge in [0.25, 0.3) is 0 Å². The minimum Gasteiger partial charge on any atom is -0.384 e. The van der Waals surface area contributed by atoms with Crippen molar-refractivity contribution >= 4 is 10.9 Å². The van der Waals surface area contributed by atoms with E-state index >= 15 is 0 Å². The second-order valence-electron chi connectivity index (χ2n) is 6.43. The average Bonchev–Trinajstić information content (AvgIpc) is 2.92. The summed E-state index contributed by atoms with van der Waals surface area (Å²) in [5.74, 6) is -0.266. The number of nitrogens with one attached hydrogen (secondary N) is 1. The lowest BCUT2D eigenvalue weighted by Gasteiger charge is -2.24. The largest absolute Gasteiger partial charge is 0.384 e. The Morgan fingerprint density at radius 3 is 2.96 bits per heavy atom. The molecule has 2 aromatic carbocycles. The molecule has 0 fully saturated rings. The maximum absolute atomic E-state index is 13.8. The first-order chi connectivity index (χ1) is 11.7. The van der Waals surface area contributed by atoms with Crippen LogP contribution in [-0.2, 0) is 18.6 Å². The summed E-state index contributed by atoms with van der Waals surface area (Å²) in [6, 6.07) is 14.7. The Hall–Kier alpha value is -2.30. The molecule has 4 heteroatoms. The molecule has 3 nitrogen and oxygen atoms in total. The molecule has 1 aliphatic carbocycles. The first-order valence-corrected chi connectivity index (χ1v) is 8.20. The maximum Gasteiger partial charge on any atom is 0.124 e. The van der Waals surface area contributed by atoms with Gasteiger partial charge >= 0.3 is 0 Å². The van der Waals surface area contributed by atoms with E-state index in [9.17, 15) is 9.50 Å². The number of fused-ring (bicyclic) bond motifs is 2. The van der Waals surface area contributed by atoms with Crippen molar-refractivity contribution in [3.63, 3.8) is 0 Å². The normalized spacial score (nSPS) is 19.6. The molecule has 0 aliphatic heterocycles. The summed E-state index contributed by atoms with van der Waals surface area (Å²) >= 11 is 0. The van der Waals surface area contributed by atoms with E-state index in [1.165, 1.54) is 17.7 Å². The number of halogens is 1. The number of pyridine rings is 1. The highest BCUT2D eigenvalue weighted by Gasteiger charge is 2.35. The maximum atomic E-state index is 13.8. The van der Waals surface area contributed by atoms with Gasteiger partial charge in [0.15, 0.2) is 0 Å². The summed E-state index contributed by atoms with van der Waals surface area (Å²) in [6.45, 7) is 0.907. The van der Waals surface area contributed by atoms with Crippen LogP contribution >= 0.6 is 0 Å². The van der Waals surface area contributed by atoms with Crippen LogP contribution in [0.15, 0.2) is 54.7 Å². The molecule has 0 radical (unpaired) electrons. The number of hydrogen-bond donors (Lipinski definition) is 2. The van der Waals surface area contributed by atoms with Gasteiger partial charge in [0.05, 0.1) is 5.52 Å². The fraction of sp³-hybridized carbons (Fsp3) is 0.250. The van der Waals surface area contributed by atoms with Crippen molar-refractivity contribution in [2.75, 3.05) is 6.54 Å². The third kappa shape index (κ3) is 2.68. The lowest BCUT2D eigenvalue weighted by molar-refractivity contribution is 0.0385. The summed E-state index contributed by atoms with van der Waals surface area (Å²) in [6.07, 6.45) is 3.31. The summed E-state index contributed by atoms with van der Waals surface area (Å²) in [5.41, 5.74) is 2.96. The van der Waals surface area contributed by atoms with E-state index in [0.29, 0.717) is 19.5 Å². The van der Waals surface area contributed by atoms with Gasteiger partial charge in [0.2, 0.25) is 0 Å². The van der Waals surface area contributed by atoms with Crippen molar-refractivity contribution in [3.05, 3.63) is 77.2 Å². The molecule has 24 heavy (non-hydrogen) atoms. The van der Waals surface area contributed by atoms with Gasteiger partial charge in [0.1, 0.15) is 11.4 Å². The number of aliphatic hydroxyl groups is 1. The number of nitrogens with zero attached hydrogens (tertiary/aromatic N) is 1. The van der Waals surface area contributed by atoms with Crippen LogP contribution in [-0.4, -0.2) is 16.6 Å². The molecule has 122 valence electrons. The van der Waals surface area contributed by atoms with Gasteiger partial charge in [-0.25, -0.2) is 4.39 Å². The molecule has 4 rings (SSSR count). The monoisotopic (exact) mass is 322 g/mol. The van der Waals surface area contributed by atoms with Gasteiger partial charge in [0, 0.05) is 24.7 Å². The first-order valence-electron chi connectivity index (χ1n) is 8.20. The zero-order valence-electron chi connectivity index (χ0n) is 13.3. The average molecular weight is 322 g/mol. The Labute approximate surface area is 140 Å². The van der Waals surface area contributed by atoms with E-state index < -0.39 is 5.60 Å². The van der Waals surface area contributed by atoms with Crippen LogP contribution in [0.5, 0.6) is 0 Å². The summed E-state index contributed by atoms with van der Waals surface area (Å²) in [7, 11) is 0. The highest BCUT2D eigenvalue weighted by Crippen LogP contribution is 2.36. The Bertz CT molecular complexity index is 896. The van der Waals surface area contributed by atoms with E-state index in [0.717, 1.165) is 28.5 Å². The molecule has 0 amide bonds. The van der Waals surface area contributed by atoms with E-state index in [2.05, 4.69) is 16.4 Å². The second-order valence-corrected chi connectivity index (χ2v) is 6.43. The lowest BCUT2D eigenvalue weighted by Crippen LogP contribution is -2.36. The minimum absolute atomic E-state index is 0.266. The predicted octanol–water partition coefficient (Wildman–Crippen LogP) is 3.30. The van der Waals surface area contributed by atoms with Gasteiger partial charge < -0.3 is 10.4 Å². The molecule has 1 unspecified atom stereocenters. The lowest BCUT2D eigenvalue weighted by atomic mass is 9.96. The van der Waals surface area contributed by atoms with E-state index in [1.807, 2.05) is 24.3 Å². The Morgan fingerprint density at radius 1 is 1.17 bits per heavy atom. The van der Waals surface area contributed by atoms with Crippen LogP contribution in [0, 0.1) is 5.82 Å². The highest BCUT2D eigenvalue weighted by atomic mass is 19.1. The number of benzene rings is 2. The van der Waals surface area contributed by atoms with Crippen LogP contribution in [0.2, 0.25) is 0 Å². The number of aromatic nitrogens is 1. The third-order valence-electron chi connectivity index (χ3n) is 4.81. The van der Waals surface area contributed by atoms with E-state index in [-0.39, 0.29) is 5.82 Å². The molecule has 3 aromatic rings. The fourth-order valence-electron chi connectivity index (χ4n) is 3.62. The van der Waals surface area contributed by atoms with Crippen molar-refractivity contribution in [2.24, 2.45) is 0 Å². The predicted molar refractivity (Wildman–Crippen MR) is 92.1 cm³/mol. The van der Waals surface area contributed by atoms with Crippen LogP contribution < -0.4 is 5.32 Å². The topological polar surface area (TPSA) is 45.1 Å². The molecule has 1 aliphatic rings. The molecule has 0 saturated heterocycles. The van der Waals surface area contributed by atoms with Gasteiger partial charge in [-0.15, -0.1) is 0 Å². The van der Waals surface area contributed by atoms with Crippen LogP contribution in [0.3, 0.4) is 0 Å². The standard InChI is InChI=1S/C20H19FN2O/c21-17-10-15-5-3-9-23-19(15)16(11-17)12-22-13-20(24)8-7-14-4-1-2-6-18(14)20/h1-6,9-11,22,24H,7-8,12-13H2. The molecular weight excluding hydrogens is 303 g/mol. The zero-order valence-corrected chi connectivity index (χ0v) is 13.3. The minimum atomic E-state index is -0.854. The van der Waals surface area contributed by atoms with Crippen molar-refractivity contribution < 1.29 is 9.50 Å². The smallest absolute Gasteiger partial charge is 0.124 e. The Balaban J connectivity index is 1.53. The van der Waals surface area contributed by atoms with Gasteiger partial charge in [-0.05, 0) is 47.7 Å². The SMILES string of the molecule is OC1(CNCc2cc(F)cc3cccnc23)CCc2ccccc21. The summed E-state index contributed by atoms with van der Waals surface area (Å²) in [5, 5.41) is 15.0. The van der Waals surface area contributed by atoms with Crippen LogP contribution in [0.1, 0.15) is 23.1 Å². The van der Waals surface area contributed by atoms with Crippen molar-refractivity contribution in [2.45, 2.75) is 25.0 Å². The van der Waals surface area contributed by atoms with Crippen molar-refractivity contribution in [3.8, 4) is 0 Å². The summed E-state index contributed by atoms with van der Waals surface area (Å²) < 4.78 is 13.8. The van der Waals surface area contributed by atoms with E-state index in [4.69, 9.17) is 0 Å². The third-order valence-corrected chi connectivity index (χ3v) is 4.81. The highest BCUT2D eigenvalue weighted by molar-refractivity contribution is 5.81. The molecule has 1 heterocycles. The van der Waals surface area contributed by atoms with Gasteiger partial charge in [-0.3, -0.25) is 4.98 Å². The molecule has 0 spiro atoms. The zero-order chi connectivity index (χ0) is 16.6. The molecular formula is C20H19FN2O. The number of hydrogen-bond acceptors (Lipinski definition) is 3. The van der Waals surface area contributed by atoms with Crippen molar-refractivity contribution in [1.82, 2.24) is 10.3 Å². The fourth-order valence-corrected chi connectivity index (χ4v) is 3.62. The first kappa shape index (κ1) is 15.2. The van der Waals surface area contributed by atoms with Gasteiger partial charge in [-0.2, -0.15) is 0 Å². The van der Waals surface area contributed by atoms with E-state index in [1.54, 1.807) is 12.3 Å². The second kappa shape index (κ2) is 5.96. The van der Waals surface area contributed by atoms with Crippen molar-refractivity contribution in [1.29, 1.82) is 0 Å². The van der Waals surface area contributed by atoms with Gasteiger partial charge in [-0.1, -0.05) is 30.3 Å². The Kier molecular flexibility index (Phi) is 3.79.